The number of allylic oxidation sites excluding steroid dienone is 4. The number of benzene rings is 2. The van der Waals surface area contributed by atoms with Crippen LogP contribution in [0.2, 0.25) is 5.02 Å². The van der Waals surface area contributed by atoms with Crippen LogP contribution in [0.25, 0.3) is 0 Å². The molecule has 230 valence electrons. The zero-order valence-corrected chi connectivity index (χ0v) is 26.7. The van der Waals surface area contributed by atoms with Crippen molar-refractivity contribution < 1.29 is 28.2 Å². The minimum Gasteiger partial charge on any atom is -0.490 e. The summed E-state index contributed by atoms with van der Waals surface area (Å²) in [5.74, 6) is -0.185. The van der Waals surface area contributed by atoms with Gasteiger partial charge in [0.2, 0.25) is 0 Å². The van der Waals surface area contributed by atoms with Crippen LogP contribution in [-0.2, 0) is 20.9 Å². The van der Waals surface area contributed by atoms with Gasteiger partial charge in [0.25, 0.3) is 0 Å². The number of ketones is 2. The maximum atomic E-state index is 14.3. The maximum absolute atomic E-state index is 14.3. The van der Waals surface area contributed by atoms with E-state index in [9.17, 15) is 14.0 Å². The first kappa shape index (κ1) is 31.3. The lowest BCUT2D eigenvalue weighted by atomic mass is 9.63. The third-order valence-electron chi connectivity index (χ3n) is 8.54. The molecule has 0 radical (unpaired) electrons. The zero-order chi connectivity index (χ0) is 31.1. The second-order valence-electron chi connectivity index (χ2n) is 13.3. The first-order valence-corrected chi connectivity index (χ1v) is 15.3. The molecule has 0 saturated heterocycles. The average molecular weight is 610 g/mol. The highest BCUT2D eigenvalue weighted by molar-refractivity contribution is 6.32. The van der Waals surface area contributed by atoms with Gasteiger partial charge >= 0.3 is 0 Å². The second kappa shape index (κ2) is 12.1. The van der Waals surface area contributed by atoms with Crippen molar-refractivity contribution in [3.63, 3.8) is 0 Å². The molecule has 0 N–H and O–H groups in total. The number of hydrogen-bond acceptors (Lipinski definition) is 6. The summed E-state index contributed by atoms with van der Waals surface area (Å²) in [6.07, 6.45) is 2.18. The molecule has 5 rings (SSSR count). The number of rotatable bonds is 9. The number of halogens is 2. The topological polar surface area (TPSA) is 65.1 Å². The van der Waals surface area contributed by atoms with Crippen LogP contribution in [0.3, 0.4) is 0 Å². The fraction of sp³-hybridized carbons (Fsp3) is 0.486. The predicted molar refractivity (Wildman–Crippen MR) is 165 cm³/mol. The summed E-state index contributed by atoms with van der Waals surface area (Å²) in [5.41, 5.74) is 3.88. The van der Waals surface area contributed by atoms with E-state index in [1.54, 1.807) is 31.4 Å². The van der Waals surface area contributed by atoms with Crippen molar-refractivity contribution in [2.75, 3.05) is 26.9 Å². The van der Waals surface area contributed by atoms with Gasteiger partial charge in [0.1, 0.15) is 12.4 Å². The lowest BCUT2D eigenvalue weighted by Gasteiger charge is -2.49. The van der Waals surface area contributed by atoms with E-state index >= 15 is 0 Å². The molecule has 0 saturated carbocycles. The predicted octanol–water partition coefficient (Wildman–Crippen LogP) is 7.79. The lowest BCUT2D eigenvalue weighted by Crippen LogP contribution is -2.45. The van der Waals surface area contributed by atoms with E-state index in [2.05, 4.69) is 32.6 Å². The summed E-state index contributed by atoms with van der Waals surface area (Å²) in [4.78, 5) is 30.3. The van der Waals surface area contributed by atoms with E-state index in [4.69, 9.17) is 25.8 Å². The first-order valence-electron chi connectivity index (χ1n) is 15.0. The number of carbonyl (C=O) groups excluding carboxylic acids is 2. The van der Waals surface area contributed by atoms with Crippen LogP contribution in [-0.4, -0.2) is 43.3 Å². The van der Waals surface area contributed by atoms with Crippen molar-refractivity contribution in [1.29, 1.82) is 0 Å². The summed E-state index contributed by atoms with van der Waals surface area (Å²) >= 11 is 6.88. The Bertz CT molecular complexity index is 1450. The molecule has 2 aromatic rings. The lowest BCUT2D eigenvalue weighted by molar-refractivity contribution is -0.119. The smallest absolute Gasteiger partial charge is 0.180 e. The van der Waals surface area contributed by atoms with E-state index in [1.165, 1.54) is 6.07 Å². The molecular weight excluding hydrogens is 569 g/mol. The second-order valence-corrected chi connectivity index (χ2v) is 13.7. The number of ether oxygens (including phenoxy) is 3. The van der Waals surface area contributed by atoms with Crippen LogP contribution < -0.4 is 9.47 Å². The Kier molecular flexibility index (Phi) is 8.79. The number of nitrogens with zero attached hydrogens (tertiary/aromatic N) is 1. The molecule has 0 atom stereocenters. The van der Waals surface area contributed by atoms with Gasteiger partial charge in [-0.25, -0.2) is 4.39 Å². The first-order chi connectivity index (χ1) is 20.4. The fourth-order valence-corrected chi connectivity index (χ4v) is 7.03. The largest absolute Gasteiger partial charge is 0.490 e. The van der Waals surface area contributed by atoms with Gasteiger partial charge in [-0.3, -0.25) is 9.59 Å². The highest BCUT2D eigenvalue weighted by atomic mass is 35.5. The Morgan fingerprint density at radius 2 is 1.53 bits per heavy atom. The summed E-state index contributed by atoms with van der Waals surface area (Å²) in [6, 6.07) is 10.0. The van der Waals surface area contributed by atoms with Gasteiger partial charge in [-0.1, -0.05) is 57.5 Å². The molecule has 2 aliphatic carbocycles. The monoisotopic (exact) mass is 609 g/mol. The quantitative estimate of drug-likeness (QED) is 0.289. The molecular formula is C35H41ClFNO5. The molecule has 1 aliphatic heterocycles. The average Bonchev–Trinajstić information content (AvgIpc) is 2.90. The Morgan fingerprint density at radius 1 is 0.930 bits per heavy atom. The van der Waals surface area contributed by atoms with E-state index in [1.807, 2.05) is 13.0 Å². The number of Topliss-reactive ketones (excluding diaryl/α,β-unsaturated/α-hetero) is 2. The molecule has 0 aromatic heterocycles. The maximum Gasteiger partial charge on any atom is 0.180 e. The fourth-order valence-electron chi connectivity index (χ4n) is 6.76. The van der Waals surface area contributed by atoms with Crippen molar-refractivity contribution >= 4 is 23.2 Å². The summed E-state index contributed by atoms with van der Waals surface area (Å²) < 4.78 is 31.8. The zero-order valence-electron chi connectivity index (χ0n) is 25.9. The van der Waals surface area contributed by atoms with Gasteiger partial charge in [0.05, 0.1) is 18.2 Å². The Balaban J connectivity index is 1.67. The third-order valence-corrected chi connectivity index (χ3v) is 8.82. The van der Waals surface area contributed by atoms with Crippen LogP contribution in [0.1, 0.15) is 77.3 Å². The highest BCUT2D eigenvalue weighted by Crippen LogP contribution is 2.55. The summed E-state index contributed by atoms with van der Waals surface area (Å²) in [5, 5.41) is 0.274. The molecule has 0 fully saturated rings. The van der Waals surface area contributed by atoms with Crippen molar-refractivity contribution in [1.82, 2.24) is 4.90 Å². The van der Waals surface area contributed by atoms with E-state index in [0.717, 1.165) is 11.4 Å². The molecule has 1 heterocycles. The van der Waals surface area contributed by atoms with Crippen molar-refractivity contribution in [3.8, 4) is 11.5 Å². The van der Waals surface area contributed by atoms with Crippen LogP contribution in [0.5, 0.6) is 11.5 Å². The Hall–Kier alpha value is -3.16. The van der Waals surface area contributed by atoms with Gasteiger partial charge < -0.3 is 19.1 Å². The van der Waals surface area contributed by atoms with Crippen LogP contribution in [0, 0.1) is 16.6 Å². The standard InChI is InChI=1S/C35H41ClFNO5/c1-7-42-29-15-22(14-23(36)33(29)43-20-21-10-8-9-11-24(21)37)30-31-25(16-34(2,3)18-27(31)39)38(12-13-41-6)26-17-35(4,5)19-28(40)32(26)30/h8-11,14-15,30H,7,12-13,16-20H2,1-6H3. The van der Waals surface area contributed by atoms with Crippen molar-refractivity contribution in [2.45, 2.75) is 72.8 Å². The molecule has 8 heteroatoms. The van der Waals surface area contributed by atoms with Gasteiger partial charge in [-0.2, -0.15) is 0 Å². The molecule has 2 aromatic carbocycles. The van der Waals surface area contributed by atoms with Crippen LogP contribution >= 0.6 is 11.6 Å². The summed E-state index contributed by atoms with van der Waals surface area (Å²) in [6.45, 7) is 11.7. The molecule has 0 spiro atoms. The molecule has 3 aliphatic rings. The van der Waals surface area contributed by atoms with E-state index in [0.29, 0.717) is 79.2 Å². The normalized spacial score (nSPS) is 19.9. The van der Waals surface area contributed by atoms with Gasteiger partial charge in [0.15, 0.2) is 23.1 Å². The minimum atomic E-state index is -0.576. The summed E-state index contributed by atoms with van der Waals surface area (Å²) in [7, 11) is 1.66. The van der Waals surface area contributed by atoms with Gasteiger partial charge in [-0.05, 0) is 54.4 Å². The van der Waals surface area contributed by atoms with E-state index < -0.39 is 5.92 Å². The van der Waals surface area contributed by atoms with Crippen LogP contribution in [0.15, 0.2) is 58.9 Å². The molecule has 0 unspecified atom stereocenters. The number of carbonyl (C=O) groups is 2. The highest BCUT2D eigenvalue weighted by Gasteiger charge is 2.49. The third kappa shape index (κ3) is 6.25. The van der Waals surface area contributed by atoms with Crippen molar-refractivity contribution in [3.05, 3.63) is 80.9 Å². The van der Waals surface area contributed by atoms with Gasteiger partial charge in [0, 0.05) is 60.5 Å². The SMILES string of the molecule is CCOc1cc(C2C3=C(CC(C)(C)CC3=O)N(CCOC)C3=C2C(=O)CC(C)(C)C3)cc(Cl)c1OCc1ccccc1F. The number of methoxy groups -OCH3 is 1. The van der Waals surface area contributed by atoms with Gasteiger partial charge in [-0.15, -0.1) is 0 Å². The van der Waals surface area contributed by atoms with Crippen molar-refractivity contribution in [2.24, 2.45) is 10.8 Å². The molecule has 0 bridgehead atoms. The van der Waals surface area contributed by atoms with E-state index in [-0.39, 0.29) is 39.8 Å². The number of hydrogen-bond donors (Lipinski definition) is 0. The molecule has 43 heavy (non-hydrogen) atoms. The minimum absolute atomic E-state index is 0.0323. The Labute approximate surface area is 258 Å². The molecule has 6 nitrogen and oxygen atoms in total. The Morgan fingerprint density at radius 3 is 2.09 bits per heavy atom. The van der Waals surface area contributed by atoms with Crippen LogP contribution in [0.4, 0.5) is 4.39 Å². The molecule has 0 amide bonds.